The summed E-state index contributed by atoms with van der Waals surface area (Å²) in [6.45, 7) is 5.02. The first-order chi connectivity index (χ1) is 24.6. The molecule has 8 rings (SSSR count). The number of carbonyl (C=O) groups excluding carboxylic acids is 1. The second-order valence-corrected chi connectivity index (χ2v) is 13.4. The molecule has 6 aromatic rings. The molecule has 2 aliphatic heterocycles. The van der Waals surface area contributed by atoms with Gasteiger partial charge in [-0.3, -0.25) is 4.79 Å². The van der Waals surface area contributed by atoms with Crippen molar-refractivity contribution in [3.8, 4) is 11.4 Å². The normalized spacial score (nSPS) is 18.2. The molecule has 0 spiro atoms. The Balaban J connectivity index is 0.00000406. The summed E-state index contributed by atoms with van der Waals surface area (Å²) in [6, 6.07) is 26.8. The van der Waals surface area contributed by atoms with Crippen LogP contribution in [0.5, 0.6) is 5.75 Å². The first-order valence-corrected chi connectivity index (χ1v) is 17.3. The average molecular weight is 708 g/mol. The van der Waals surface area contributed by atoms with Crippen LogP contribution in [0.3, 0.4) is 0 Å². The van der Waals surface area contributed by atoms with Crippen LogP contribution in [-0.4, -0.2) is 91.3 Å². The van der Waals surface area contributed by atoms with Gasteiger partial charge in [-0.1, -0.05) is 42.5 Å². The topological polar surface area (TPSA) is 119 Å². The molecule has 1 N–H and O–H groups in total. The Morgan fingerprint density at radius 3 is 2.61 bits per heavy atom. The van der Waals surface area contributed by atoms with Gasteiger partial charge in [-0.2, -0.15) is 0 Å². The van der Waals surface area contributed by atoms with Crippen LogP contribution in [0, 0.1) is 0 Å². The van der Waals surface area contributed by atoms with E-state index in [0.717, 1.165) is 67.9 Å². The van der Waals surface area contributed by atoms with Crippen molar-refractivity contribution >= 4 is 35.3 Å². The molecule has 264 valence electrons. The molecule has 0 radical (unpaired) electrons. The highest BCUT2D eigenvalue weighted by atomic mass is 35.5. The Morgan fingerprint density at radius 1 is 1.02 bits per heavy atom. The predicted molar refractivity (Wildman–Crippen MR) is 197 cm³/mol. The number of imidazole rings is 1. The van der Waals surface area contributed by atoms with Crippen molar-refractivity contribution in [2.45, 2.75) is 43.7 Å². The number of tetrazole rings is 1. The number of aromatic nitrogens is 6. The number of rotatable bonds is 11. The van der Waals surface area contributed by atoms with E-state index in [0.29, 0.717) is 42.7 Å². The van der Waals surface area contributed by atoms with E-state index in [4.69, 9.17) is 14.1 Å². The zero-order chi connectivity index (χ0) is 33.9. The molecule has 51 heavy (non-hydrogen) atoms. The van der Waals surface area contributed by atoms with Crippen LogP contribution < -0.4 is 10.1 Å². The number of para-hydroxylation sites is 2. The number of likely N-dealkylation sites (tertiary alicyclic amines) is 2. The number of fused-ring (bicyclic) bond motifs is 1. The molecule has 1 amide bonds. The van der Waals surface area contributed by atoms with Crippen molar-refractivity contribution in [3.63, 3.8) is 0 Å². The van der Waals surface area contributed by atoms with E-state index in [1.54, 1.807) is 30.4 Å². The quantitative estimate of drug-likeness (QED) is 0.177. The number of furan rings is 1. The van der Waals surface area contributed by atoms with Crippen LogP contribution in [0.4, 0.5) is 5.95 Å². The number of hydrogen-bond acceptors (Lipinski definition) is 9. The predicted octanol–water partition coefficient (Wildman–Crippen LogP) is 5.83. The lowest BCUT2D eigenvalue weighted by Crippen LogP contribution is -2.42. The SMILES string of the molecule is COc1ccc(-n2cnnn2)cc1C(=O)N1CCC(CCN2CCC(Nc3nc4ccccc4n3Cc3ccoc3)CC2)(c2ccccc2)C1.Cl. The summed E-state index contributed by atoms with van der Waals surface area (Å²) in [5.74, 6) is 1.41. The number of halogens is 1. The molecule has 0 aliphatic carbocycles. The standard InChI is InChI=1S/C38H41N9O3.ClH/c1-49-35-12-11-31(47-27-39-42-43-47)23-32(35)36(48)45-21-17-38(26-45,29-7-3-2-4-8-29)16-20-44-18-13-30(14-19-44)40-37-41-33-9-5-6-10-34(33)46(37)24-28-15-22-50-25-28;/h2-12,15,22-23,25,27,30H,13-14,16-21,24,26H2,1H3,(H,40,41);1H. The summed E-state index contributed by atoms with van der Waals surface area (Å²) in [7, 11) is 1.59. The Labute approximate surface area is 302 Å². The fourth-order valence-corrected chi connectivity index (χ4v) is 7.64. The van der Waals surface area contributed by atoms with Crippen LogP contribution in [0.1, 0.15) is 47.2 Å². The van der Waals surface area contributed by atoms with Crippen molar-refractivity contribution in [3.05, 3.63) is 114 Å². The maximum Gasteiger partial charge on any atom is 0.257 e. The van der Waals surface area contributed by atoms with E-state index < -0.39 is 0 Å². The van der Waals surface area contributed by atoms with Gasteiger partial charge in [-0.05, 0) is 84.6 Å². The van der Waals surface area contributed by atoms with Crippen LogP contribution >= 0.6 is 12.4 Å². The third-order valence-electron chi connectivity index (χ3n) is 10.5. The Kier molecular flexibility index (Phi) is 10.0. The summed E-state index contributed by atoms with van der Waals surface area (Å²) in [6.07, 6.45) is 8.99. The number of carbonyl (C=O) groups is 1. The lowest BCUT2D eigenvalue weighted by atomic mass is 9.76. The summed E-state index contributed by atoms with van der Waals surface area (Å²) in [4.78, 5) is 23.6. The van der Waals surface area contributed by atoms with Gasteiger partial charge in [-0.25, -0.2) is 9.67 Å². The van der Waals surface area contributed by atoms with Crippen molar-refractivity contribution in [2.24, 2.45) is 0 Å². The maximum atomic E-state index is 14.1. The molecule has 3 aromatic heterocycles. The first kappa shape index (κ1) is 34.3. The molecular weight excluding hydrogens is 666 g/mol. The zero-order valence-corrected chi connectivity index (χ0v) is 29.4. The largest absolute Gasteiger partial charge is 0.496 e. The van der Waals surface area contributed by atoms with Crippen LogP contribution in [0.15, 0.2) is 102 Å². The van der Waals surface area contributed by atoms with Gasteiger partial charge < -0.3 is 28.8 Å². The van der Waals surface area contributed by atoms with Gasteiger partial charge in [0.15, 0.2) is 0 Å². The number of nitrogens with one attached hydrogen (secondary N) is 1. The van der Waals surface area contributed by atoms with E-state index in [9.17, 15) is 4.79 Å². The van der Waals surface area contributed by atoms with Gasteiger partial charge in [0.2, 0.25) is 5.95 Å². The number of piperidine rings is 1. The highest BCUT2D eigenvalue weighted by molar-refractivity contribution is 5.98. The number of methoxy groups -OCH3 is 1. The third-order valence-corrected chi connectivity index (χ3v) is 10.5. The van der Waals surface area contributed by atoms with Crippen LogP contribution in [-0.2, 0) is 12.0 Å². The maximum absolute atomic E-state index is 14.1. The molecule has 12 nitrogen and oxygen atoms in total. The number of amides is 1. The van der Waals surface area contributed by atoms with Crippen molar-refractivity contribution < 1.29 is 13.9 Å². The van der Waals surface area contributed by atoms with Gasteiger partial charge in [0.05, 0.1) is 48.5 Å². The van der Waals surface area contributed by atoms with E-state index in [-0.39, 0.29) is 23.7 Å². The van der Waals surface area contributed by atoms with E-state index in [1.165, 1.54) is 11.9 Å². The minimum atomic E-state index is -0.134. The van der Waals surface area contributed by atoms with Crippen molar-refractivity contribution in [1.29, 1.82) is 0 Å². The Bertz CT molecular complexity index is 2040. The molecule has 5 heterocycles. The lowest BCUT2D eigenvalue weighted by Gasteiger charge is -2.36. The molecule has 1 atom stereocenters. The zero-order valence-electron chi connectivity index (χ0n) is 28.6. The van der Waals surface area contributed by atoms with Gasteiger partial charge in [0, 0.05) is 43.2 Å². The molecule has 2 saturated heterocycles. The van der Waals surface area contributed by atoms with Crippen molar-refractivity contribution in [1.82, 2.24) is 39.6 Å². The van der Waals surface area contributed by atoms with Gasteiger partial charge in [0.25, 0.3) is 5.91 Å². The fourth-order valence-electron chi connectivity index (χ4n) is 7.64. The highest BCUT2D eigenvalue weighted by Gasteiger charge is 2.42. The van der Waals surface area contributed by atoms with Gasteiger partial charge >= 0.3 is 0 Å². The Hall–Kier alpha value is -5.20. The number of benzene rings is 3. The average Bonchev–Trinajstić information content (AvgIpc) is 4.00. The third kappa shape index (κ3) is 7.06. The van der Waals surface area contributed by atoms with Crippen molar-refractivity contribution in [2.75, 3.05) is 45.2 Å². The highest BCUT2D eigenvalue weighted by Crippen LogP contribution is 2.39. The summed E-state index contributed by atoms with van der Waals surface area (Å²) < 4.78 is 14.8. The molecule has 0 bridgehead atoms. The monoisotopic (exact) mass is 707 g/mol. The number of ether oxygens (including phenoxy) is 1. The first-order valence-electron chi connectivity index (χ1n) is 17.3. The van der Waals surface area contributed by atoms with Gasteiger partial charge in [-0.15, -0.1) is 17.5 Å². The summed E-state index contributed by atoms with van der Waals surface area (Å²) >= 11 is 0. The molecular formula is C38H42ClN9O3. The second kappa shape index (κ2) is 15.0. The number of anilines is 1. The summed E-state index contributed by atoms with van der Waals surface area (Å²) in [5.41, 5.74) is 5.59. The van der Waals surface area contributed by atoms with E-state index in [2.05, 4.69) is 78.8 Å². The van der Waals surface area contributed by atoms with Crippen LogP contribution in [0.2, 0.25) is 0 Å². The van der Waals surface area contributed by atoms with Crippen LogP contribution in [0.25, 0.3) is 16.7 Å². The minimum absolute atomic E-state index is 0. The molecule has 2 aliphatic rings. The number of hydrogen-bond donors (Lipinski definition) is 1. The molecule has 1 unspecified atom stereocenters. The molecule has 13 heteroatoms. The van der Waals surface area contributed by atoms with Gasteiger partial charge in [0.1, 0.15) is 12.1 Å². The molecule has 0 saturated carbocycles. The van der Waals surface area contributed by atoms with E-state index in [1.807, 2.05) is 29.2 Å². The fraction of sp³-hybridized carbons (Fsp3) is 0.342. The second-order valence-electron chi connectivity index (χ2n) is 13.4. The number of nitrogens with zero attached hydrogens (tertiary/aromatic N) is 8. The molecule has 2 fully saturated rings. The molecule has 3 aromatic carbocycles. The smallest absolute Gasteiger partial charge is 0.257 e. The Morgan fingerprint density at radius 2 is 1.84 bits per heavy atom. The summed E-state index contributed by atoms with van der Waals surface area (Å²) in [5, 5.41) is 15.3. The van der Waals surface area contributed by atoms with E-state index >= 15 is 0 Å². The lowest BCUT2D eigenvalue weighted by molar-refractivity contribution is 0.0776. The minimum Gasteiger partial charge on any atom is -0.496 e.